The van der Waals surface area contributed by atoms with Gasteiger partial charge in [-0.1, -0.05) is 13.8 Å². The second-order valence-corrected chi connectivity index (χ2v) is 5.95. The Morgan fingerprint density at radius 2 is 2.08 bits per heavy atom. The Morgan fingerprint density at radius 1 is 1.32 bits per heavy atom. The number of aromatic nitrogens is 2. The van der Waals surface area contributed by atoms with Crippen molar-refractivity contribution in [2.45, 2.75) is 26.6 Å². The molecule has 1 N–H and O–H groups in total. The van der Waals surface area contributed by atoms with Gasteiger partial charge in [0.05, 0.1) is 29.4 Å². The molecule has 0 atom stereocenters. The molecule has 2 aromatic heterocycles. The first-order chi connectivity index (χ1) is 11.8. The molecule has 0 aliphatic rings. The van der Waals surface area contributed by atoms with Crippen molar-refractivity contribution in [1.29, 1.82) is 0 Å². The van der Waals surface area contributed by atoms with Crippen molar-refractivity contribution in [1.82, 2.24) is 9.55 Å². The van der Waals surface area contributed by atoms with Gasteiger partial charge in [-0.2, -0.15) is 13.2 Å². The van der Waals surface area contributed by atoms with Gasteiger partial charge in [-0.25, -0.2) is 4.98 Å². The van der Waals surface area contributed by atoms with Crippen LogP contribution in [0.3, 0.4) is 0 Å². The van der Waals surface area contributed by atoms with Crippen molar-refractivity contribution in [3.63, 3.8) is 0 Å². The highest BCUT2D eigenvalue weighted by Crippen LogP contribution is 2.32. The highest BCUT2D eigenvalue weighted by molar-refractivity contribution is 5.92. The lowest BCUT2D eigenvalue weighted by Crippen LogP contribution is -2.20. The molecule has 3 rings (SSSR count). The van der Waals surface area contributed by atoms with Crippen molar-refractivity contribution in [2.24, 2.45) is 5.92 Å². The predicted molar refractivity (Wildman–Crippen MR) is 86.0 cm³/mol. The summed E-state index contributed by atoms with van der Waals surface area (Å²) in [6.45, 7) is 3.68. The Hall–Kier alpha value is -2.77. The van der Waals surface area contributed by atoms with E-state index in [9.17, 15) is 18.0 Å². The number of alkyl halides is 3. The molecule has 2 heterocycles. The second kappa shape index (κ2) is 6.27. The smallest absolute Gasteiger partial charge is 0.416 e. The molecule has 3 aromatic rings. The van der Waals surface area contributed by atoms with Crippen LogP contribution in [0.25, 0.3) is 11.0 Å². The molecule has 0 aliphatic heterocycles. The van der Waals surface area contributed by atoms with Crippen molar-refractivity contribution < 1.29 is 22.4 Å². The number of rotatable bonds is 4. The van der Waals surface area contributed by atoms with Crippen LogP contribution in [0.2, 0.25) is 0 Å². The summed E-state index contributed by atoms with van der Waals surface area (Å²) in [7, 11) is 0. The van der Waals surface area contributed by atoms with E-state index in [2.05, 4.69) is 10.3 Å². The molecule has 0 aliphatic carbocycles. The fourth-order valence-electron chi connectivity index (χ4n) is 2.37. The fourth-order valence-corrected chi connectivity index (χ4v) is 2.37. The Labute approximate surface area is 141 Å². The molecular formula is C17H16F3N3O2. The second-order valence-electron chi connectivity index (χ2n) is 5.95. The molecule has 1 aromatic carbocycles. The SMILES string of the molecule is CC(C)C(=O)Nc1nc2cc(C(F)(F)F)ccc2n1Cc1ccco1. The molecule has 0 radical (unpaired) electrons. The summed E-state index contributed by atoms with van der Waals surface area (Å²) in [6.07, 6.45) is -2.96. The summed E-state index contributed by atoms with van der Waals surface area (Å²) >= 11 is 0. The zero-order chi connectivity index (χ0) is 18.2. The van der Waals surface area contributed by atoms with E-state index in [0.29, 0.717) is 11.3 Å². The predicted octanol–water partition coefficient (Wildman–Crippen LogP) is 4.29. The molecule has 8 heteroatoms. The highest BCUT2D eigenvalue weighted by Gasteiger charge is 2.31. The van der Waals surface area contributed by atoms with Crippen LogP contribution in [0.5, 0.6) is 0 Å². The molecule has 132 valence electrons. The fraction of sp³-hybridized carbons (Fsp3) is 0.294. The number of anilines is 1. The summed E-state index contributed by atoms with van der Waals surface area (Å²) in [5, 5.41) is 2.66. The minimum absolute atomic E-state index is 0.153. The van der Waals surface area contributed by atoms with E-state index in [1.165, 1.54) is 12.3 Å². The van der Waals surface area contributed by atoms with E-state index >= 15 is 0 Å². The number of carbonyl (C=O) groups is 1. The molecule has 0 saturated heterocycles. The van der Waals surface area contributed by atoms with E-state index in [-0.39, 0.29) is 29.8 Å². The van der Waals surface area contributed by atoms with Gasteiger partial charge in [0.1, 0.15) is 5.76 Å². The maximum Gasteiger partial charge on any atom is 0.416 e. The molecule has 0 unspecified atom stereocenters. The van der Waals surface area contributed by atoms with Gasteiger partial charge in [0.2, 0.25) is 11.9 Å². The summed E-state index contributed by atoms with van der Waals surface area (Å²) in [6, 6.07) is 6.77. The first-order valence-electron chi connectivity index (χ1n) is 7.66. The van der Waals surface area contributed by atoms with Crippen molar-refractivity contribution in [2.75, 3.05) is 5.32 Å². The van der Waals surface area contributed by atoms with Crippen LogP contribution < -0.4 is 5.32 Å². The Balaban J connectivity index is 2.09. The van der Waals surface area contributed by atoms with Gasteiger partial charge >= 0.3 is 6.18 Å². The van der Waals surface area contributed by atoms with Crippen LogP contribution in [-0.2, 0) is 17.5 Å². The number of carbonyl (C=O) groups excluding carboxylic acids is 1. The average Bonchev–Trinajstić information content (AvgIpc) is 3.15. The summed E-state index contributed by atoms with van der Waals surface area (Å²) < 4.78 is 45.7. The molecular weight excluding hydrogens is 335 g/mol. The Kier molecular flexibility index (Phi) is 4.28. The van der Waals surface area contributed by atoms with Gasteiger partial charge in [-0.3, -0.25) is 10.1 Å². The van der Waals surface area contributed by atoms with Crippen LogP contribution >= 0.6 is 0 Å². The number of hydrogen-bond acceptors (Lipinski definition) is 3. The van der Waals surface area contributed by atoms with E-state index < -0.39 is 11.7 Å². The normalized spacial score (nSPS) is 12.1. The van der Waals surface area contributed by atoms with E-state index in [1.54, 1.807) is 30.5 Å². The zero-order valence-electron chi connectivity index (χ0n) is 13.6. The number of fused-ring (bicyclic) bond motifs is 1. The van der Waals surface area contributed by atoms with Crippen LogP contribution in [0.1, 0.15) is 25.2 Å². The largest absolute Gasteiger partial charge is 0.467 e. The lowest BCUT2D eigenvalue weighted by molar-refractivity contribution is -0.137. The van der Waals surface area contributed by atoms with Gasteiger partial charge in [0.15, 0.2) is 0 Å². The number of halogens is 3. The average molecular weight is 351 g/mol. The molecule has 0 bridgehead atoms. The molecule has 0 saturated carbocycles. The van der Waals surface area contributed by atoms with Crippen LogP contribution in [0.4, 0.5) is 19.1 Å². The van der Waals surface area contributed by atoms with Crippen LogP contribution in [-0.4, -0.2) is 15.5 Å². The quantitative estimate of drug-likeness (QED) is 0.763. The Bertz CT molecular complexity index is 896. The van der Waals surface area contributed by atoms with E-state index in [4.69, 9.17) is 4.42 Å². The first kappa shape index (κ1) is 17.1. The number of amides is 1. The number of nitrogens with one attached hydrogen (secondary N) is 1. The lowest BCUT2D eigenvalue weighted by atomic mass is 10.2. The van der Waals surface area contributed by atoms with Crippen molar-refractivity contribution >= 4 is 22.9 Å². The van der Waals surface area contributed by atoms with E-state index in [0.717, 1.165) is 12.1 Å². The number of nitrogens with zero attached hydrogens (tertiary/aromatic N) is 2. The topological polar surface area (TPSA) is 60.1 Å². The minimum Gasteiger partial charge on any atom is -0.467 e. The monoisotopic (exact) mass is 351 g/mol. The first-order valence-corrected chi connectivity index (χ1v) is 7.66. The van der Waals surface area contributed by atoms with Crippen molar-refractivity contribution in [3.8, 4) is 0 Å². The maximum absolute atomic E-state index is 12.9. The third-order valence-corrected chi connectivity index (χ3v) is 3.73. The zero-order valence-corrected chi connectivity index (χ0v) is 13.6. The molecule has 5 nitrogen and oxygen atoms in total. The molecule has 25 heavy (non-hydrogen) atoms. The number of imidazole rings is 1. The maximum atomic E-state index is 12.9. The summed E-state index contributed by atoms with van der Waals surface area (Å²) in [4.78, 5) is 16.2. The van der Waals surface area contributed by atoms with Crippen molar-refractivity contribution in [3.05, 3.63) is 47.9 Å². The van der Waals surface area contributed by atoms with Crippen LogP contribution in [0.15, 0.2) is 41.0 Å². The lowest BCUT2D eigenvalue weighted by Gasteiger charge is -2.10. The minimum atomic E-state index is -4.46. The number of furan rings is 1. The number of benzene rings is 1. The number of hydrogen-bond donors (Lipinski definition) is 1. The van der Waals surface area contributed by atoms with Gasteiger partial charge in [0, 0.05) is 5.92 Å². The molecule has 0 spiro atoms. The third-order valence-electron chi connectivity index (χ3n) is 3.73. The summed E-state index contributed by atoms with van der Waals surface area (Å²) in [5.74, 6) is 0.221. The Morgan fingerprint density at radius 3 is 2.68 bits per heavy atom. The highest BCUT2D eigenvalue weighted by atomic mass is 19.4. The van der Waals surface area contributed by atoms with Gasteiger partial charge in [-0.15, -0.1) is 0 Å². The standard InChI is InChI=1S/C17H16F3N3O2/c1-10(2)15(24)22-16-21-13-8-11(17(18,19)20)5-6-14(13)23(16)9-12-4-3-7-25-12/h3-8,10H,9H2,1-2H3,(H,21,22,24). The van der Waals surface area contributed by atoms with E-state index in [1.807, 2.05) is 0 Å². The van der Waals surface area contributed by atoms with Gasteiger partial charge in [0.25, 0.3) is 0 Å². The molecule has 1 amide bonds. The van der Waals surface area contributed by atoms with Gasteiger partial charge in [-0.05, 0) is 30.3 Å². The summed E-state index contributed by atoms with van der Waals surface area (Å²) in [5.41, 5.74) is -0.159. The van der Waals surface area contributed by atoms with Crippen LogP contribution in [0, 0.1) is 5.92 Å². The molecule has 0 fully saturated rings. The van der Waals surface area contributed by atoms with Gasteiger partial charge < -0.3 is 8.98 Å². The third kappa shape index (κ3) is 3.52.